The molecule has 0 bridgehead atoms. The molecule has 0 radical (unpaired) electrons. The molecule has 3 nitrogen and oxygen atoms in total. The summed E-state index contributed by atoms with van der Waals surface area (Å²) in [5.41, 5.74) is 0. The van der Waals surface area contributed by atoms with Gasteiger partial charge in [-0.05, 0) is 0 Å². The van der Waals surface area contributed by atoms with E-state index >= 15 is 0 Å². The number of nitrogens with one attached hydrogen (secondary N) is 2. The third-order valence-electron chi connectivity index (χ3n) is 2.27. The molecular weight excluding hydrogens is 174 g/mol. The zero-order valence-corrected chi connectivity index (χ0v) is 8.76. The van der Waals surface area contributed by atoms with Crippen LogP contribution in [0.2, 0.25) is 0 Å². The van der Waals surface area contributed by atoms with Gasteiger partial charge in [-0.3, -0.25) is 9.89 Å². The lowest BCUT2D eigenvalue weighted by atomic mass is 10.3. The third kappa shape index (κ3) is 3.34. The van der Waals surface area contributed by atoms with E-state index in [1.165, 1.54) is 5.84 Å². The fourth-order valence-corrected chi connectivity index (χ4v) is 1.60. The zero-order valence-electron chi connectivity index (χ0n) is 8.76. The molecule has 1 aliphatic rings. The Labute approximate surface area is 86.2 Å². The molecule has 0 aromatic carbocycles. The highest BCUT2D eigenvalue weighted by Gasteiger charge is 2.18. The lowest BCUT2D eigenvalue weighted by Gasteiger charge is -2.02. The van der Waals surface area contributed by atoms with Crippen molar-refractivity contribution in [3.63, 3.8) is 0 Å². The first kappa shape index (κ1) is 11.0. The van der Waals surface area contributed by atoms with Crippen molar-refractivity contribution in [3.05, 3.63) is 25.3 Å². The Kier molecular flexibility index (Phi) is 5.00. The van der Waals surface area contributed by atoms with E-state index in [-0.39, 0.29) is 0 Å². The Hall–Kier alpha value is -1.09. The normalized spacial score (nSPS) is 15.4. The Morgan fingerprint density at radius 1 is 1.43 bits per heavy atom. The van der Waals surface area contributed by atoms with E-state index in [4.69, 9.17) is 0 Å². The summed E-state index contributed by atoms with van der Waals surface area (Å²) in [5.74, 6) is 1.33. The number of rotatable bonds is 7. The van der Waals surface area contributed by atoms with Gasteiger partial charge in [0.25, 0.3) is 0 Å². The highest BCUT2D eigenvalue weighted by atomic mass is 15.2. The maximum absolute atomic E-state index is 3.76. The minimum Gasteiger partial charge on any atom is -0.313 e. The predicted molar refractivity (Wildman–Crippen MR) is 60.9 cm³/mol. The van der Waals surface area contributed by atoms with E-state index in [9.17, 15) is 0 Å². The van der Waals surface area contributed by atoms with Crippen LogP contribution in [-0.2, 0) is 0 Å². The molecule has 0 atom stereocenters. The fraction of sp³-hybridized carbons (Fsp3) is 0.545. The van der Waals surface area contributed by atoms with Crippen molar-refractivity contribution >= 4 is 5.84 Å². The van der Waals surface area contributed by atoms with Crippen molar-refractivity contribution < 1.29 is 4.58 Å². The quantitative estimate of drug-likeness (QED) is 0.348. The minimum atomic E-state index is 0.884. The van der Waals surface area contributed by atoms with Crippen molar-refractivity contribution in [2.45, 2.75) is 6.42 Å². The van der Waals surface area contributed by atoms with Gasteiger partial charge in [0.1, 0.15) is 19.6 Å². The second kappa shape index (κ2) is 6.38. The van der Waals surface area contributed by atoms with Gasteiger partial charge in [-0.1, -0.05) is 18.7 Å². The predicted octanol–water partition coefficient (Wildman–Crippen LogP) is 0.352. The van der Waals surface area contributed by atoms with Crippen molar-refractivity contribution in [1.82, 2.24) is 10.6 Å². The summed E-state index contributed by atoms with van der Waals surface area (Å²) in [4.78, 5) is 0. The molecular formula is C11H20N3+. The molecule has 2 N–H and O–H groups in total. The van der Waals surface area contributed by atoms with Crippen LogP contribution in [-0.4, -0.2) is 43.1 Å². The van der Waals surface area contributed by atoms with Gasteiger partial charge in [-0.2, -0.15) is 0 Å². The van der Waals surface area contributed by atoms with Gasteiger partial charge in [0.2, 0.25) is 5.84 Å². The van der Waals surface area contributed by atoms with Crippen molar-refractivity contribution in [3.8, 4) is 0 Å². The monoisotopic (exact) mass is 194 g/mol. The molecule has 0 spiro atoms. The first-order chi connectivity index (χ1) is 6.88. The van der Waals surface area contributed by atoms with Crippen LogP contribution in [0.25, 0.3) is 0 Å². The van der Waals surface area contributed by atoms with Crippen LogP contribution in [0, 0.1) is 0 Å². The first-order valence-corrected chi connectivity index (χ1v) is 5.15. The molecule has 0 unspecified atom stereocenters. The number of nitrogens with zero attached hydrogens (tertiary/aromatic N) is 1. The standard InChI is InChI=1S/C11H19N3/c1-3-6-12-7-5-11-13-8-10-14(11)9-4-2/h3-4,12H,1-2,5-10H2/p+1. The summed E-state index contributed by atoms with van der Waals surface area (Å²) in [5, 5.41) is 6.69. The van der Waals surface area contributed by atoms with E-state index in [1.807, 2.05) is 12.2 Å². The van der Waals surface area contributed by atoms with Crippen LogP contribution < -0.4 is 10.6 Å². The fourth-order valence-electron chi connectivity index (χ4n) is 1.60. The maximum atomic E-state index is 3.76. The topological polar surface area (TPSA) is 27.1 Å². The molecule has 1 rings (SSSR count). The molecule has 78 valence electrons. The third-order valence-corrected chi connectivity index (χ3v) is 2.27. The maximum Gasteiger partial charge on any atom is 0.246 e. The minimum absolute atomic E-state index is 0.884. The highest BCUT2D eigenvalue weighted by molar-refractivity contribution is 5.78. The molecule has 0 aromatic rings. The number of hydrogen-bond donors (Lipinski definition) is 2. The smallest absolute Gasteiger partial charge is 0.246 e. The van der Waals surface area contributed by atoms with Gasteiger partial charge < -0.3 is 5.32 Å². The zero-order chi connectivity index (χ0) is 10.2. The van der Waals surface area contributed by atoms with E-state index in [1.54, 1.807) is 0 Å². The molecule has 0 amide bonds. The Bertz CT molecular complexity index is 231. The van der Waals surface area contributed by atoms with Crippen LogP contribution in [0.5, 0.6) is 0 Å². The van der Waals surface area contributed by atoms with Crippen molar-refractivity contribution in [1.29, 1.82) is 0 Å². The molecule has 0 fully saturated rings. The molecule has 0 saturated heterocycles. The van der Waals surface area contributed by atoms with E-state index in [2.05, 4.69) is 28.4 Å². The summed E-state index contributed by atoms with van der Waals surface area (Å²) in [6.07, 6.45) is 4.89. The first-order valence-electron chi connectivity index (χ1n) is 5.15. The van der Waals surface area contributed by atoms with Crippen molar-refractivity contribution in [2.75, 3.05) is 32.7 Å². The van der Waals surface area contributed by atoms with Crippen LogP contribution in [0.15, 0.2) is 25.3 Å². The summed E-state index contributed by atoms with van der Waals surface area (Å²) in [7, 11) is 0. The average molecular weight is 194 g/mol. The summed E-state index contributed by atoms with van der Waals surface area (Å²) in [6.45, 7) is 12.4. The van der Waals surface area contributed by atoms with Crippen LogP contribution in [0.4, 0.5) is 0 Å². The Morgan fingerprint density at radius 2 is 2.29 bits per heavy atom. The van der Waals surface area contributed by atoms with E-state index in [0.717, 1.165) is 39.1 Å². The SMILES string of the molecule is C=CCNCCC1=[N+](CC=C)CCN1. The van der Waals surface area contributed by atoms with Gasteiger partial charge in [0, 0.05) is 13.1 Å². The van der Waals surface area contributed by atoms with Gasteiger partial charge in [0.05, 0.1) is 6.42 Å². The van der Waals surface area contributed by atoms with Crippen LogP contribution in [0.3, 0.4) is 0 Å². The number of hydrogen-bond acceptors (Lipinski definition) is 2. The van der Waals surface area contributed by atoms with Crippen LogP contribution >= 0.6 is 0 Å². The van der Waals surface area contributed by atoms with Crippen LogP contribution in [0.1, 0.15) is 6.42 Å². The van der Waals surface area contributed by atoms with Gasteiger partial charge >= 0.3 is 0 Å². The molecule has 1 heterocycles. The summed E-state index contributed by atoms with van der Waals surface area (Å²) < 4.78 is 2.34. The Morgan fingerprint density at radius 3 is 3.00 bits per heavy atom. The molecule has 14 heavy (non-hydrogen) atoms. The Balaban J connectivity index is 2.29. The van der Waals surface area contributed by atoms with Gasteiger partial charge in [-0.15, -0.1) is 6.58 Å². The largest absolute Gasteiger partial charge is 0.313 e. The average Bonchev–Trinajstić information content (AvgIpc) is 2.61. The van der Waals surface area contributed by atoms with Crippen molar-refractivity contribution in [2.24, 2.45) is 0 Å². The second-order valence-corrected chi connectivity index (χ2v) is 3.35. The second-order valence-electron chi connectivity index (χ2n) is 3.35. The summed E-state index contributed by atoms with van der Waals surface area (Å²) in [6, 6.07) is 0. The highest BCUT2D eigenvalue weighted by Crippen LogP contribution is 1.92. The van der Waals surface area contributed by atoms with E-state index < -0.39 is 0 Å². The molecule has 0 aromatic heterocycles. The molecule has 0 aliphatic carbocycles. The lowest BCUT2D eigenvalue weighted by Crippen LogP contribution is -2.28. The van der Waals surface area contributed by atoms with Gasteiger partial charge in [-0.25, -0.2) is 0 Å². The molecule has 0 saturated carbocycles. The lowest BCUT2D eigenvalue weighted by molar-refractivity contribution is -0.508. The van der Waals surface area contributed by atoms with Gasteiger partial charge in [0.15, 0.2) is 0 Å². The molecule has 1 aliphatic heterocycles. The summed E-state index contributed by atoms with van der Waals surface area (Å²) >= 11 is 0. The molecule has 3 heteroatoms. The number of amidine groups is 1. The van der Waals surface area contributed by atoms with E-state index in [0.29, 0.717) is 0 Å².